The van der Waals surface area contributed by atoms with Crippen molar-refractivity contribution >= 4 is 0 Å². The van der Waals surface area contributed by atoms with Crippen LogP contribution in [0.4, 0.5) is 0 Å². The number of hydrogen-bond donors (Lipinski definition) is 0. The Morgan fingerprint density at radius 3 is 2.56 bits per heavy atom. The zero-order valence-corrected chi connectivity index (χ0v) is 10.1. The Kier molecular flexibility index (Phi) is 2.77. The second kappa shape index (κ2) is 4.08. The van der Waals surface area contributed by atoms with E-state index in [0.717, 1.165) is 17.0 Å². The lowest BCUT2D eigenvalue weighted by Crippen LogP contribution is -1.90. The number of aryl methyl sites for hydroxylation is 2. The summed E-state index contributed by atoms with van der Waals surface area (Å²) in [5.74, 6) is 1.67. The highest BCUT2D eigenvalue weighted by molar-refractivity contribution is 5.59. The second-order valence-corrected chi connectivity index (χ2v) is 4.43. The summed E-state index contributed by atoms with van der Waals surface area (Å²) in [6.07, 6.45) is 0. The molecule has 0 unspecified atom stereocenters. The van der Waals surface area contributed by atoms with Gasteiger partial charge in [-0.05, 0) is 25.5 Å². The maximum Gasteiger partial charge on any atom is 0.258 e. The molecule has 0 fully saturated rings. The molecule has 84 valence electrons. The minimum atomic E-state index is 0.294. The maximum atomic E-state index is 5.29. The standard InChI is InChI=1S/C13H16N2O/c1-8(2)12-14-13(16-15-12)11-7-9(3)5-6-10(11)4/h5-8H,1-4H3. The molecule has 16 heavy (non-hydrogen) atoms. The highest BCUT2D eigenvalue weighted by Crippen LogP contribution is 2.24. The molecule has 0 aliphatic carbocycles. The number of aromatic nitrogens is 2. The minimum Gasteiger partial charge on any atom is -0.334 e. The summed E-state index contributed by atoms with van der Waals surface area (Å²) in [5.41, 5.74) is 3.38. The molecule has 1 aromatic carbocycles. The predicted molar refractivity (Wildman–Crippen MR) is 63.3 cm³/mol. The van der Waals surface area contributed by atoms with E-state index in [-0.39, 0.29) is 0 Å². The van der Waals surface area contributed by atoms with Crippen molar-refractivity contribution < 1.29 is 4.52 Å². The van der Waals surface area contributed by atoms with Crippen LogP contribution in [0, 0.1) is 13.8 Å². The van der Waals surface area contributed by atoms with Gasteiger partial charge < -0.3 is 4.52 Å². The van der Waals surface area contributed by atoms with E-state index in [9.17, 15) is 0 Å². The molecule has 0 saturated carbocycles. The molecular weight excluding hydrogens is 200 g/mol. The van der Waals surface area contributed by atoms with Crippen molar-refractivity contribution in [2.75, 3.05) is 0 Å². The molecule has 3 nitrogen and oxygen atoms in total. The van der Waals surface area contributed by atoms with Gasteiger partial charge in [0.25, 0.3) is 5.89 Å². The van der Waals surface area contributed by atoms with Gasteiger partial charge in [0.1, 0.15) is 0 Å². The van der Waals surface area contributed by atoms with E-state index < -0.39 is 0 Å². The average Bonchev–Trinajstić information content (AvgIpc) is 2.70. The Balaban J connectivity index is 2.46. The fourth-order valence-electron chi connectivity index (χ4n) is 1.55. The first-order valence-electron chi connectivity index (χ1n) is 5.49. The van der Waals surface area contributed by atoms with Crippen LogP contribution in [0.5, 0.6) is 0 Å². The van der Waals surface area contributed by atoms with Gasteiger partial charge in [0.05, 0.1) is 0 Å². The third kappa shape index (κ3) is 1.98. The summed E-state index contributed by atoms with van der Waals surface area (Å²) >= 11 is 0. The minimum absolute atomic E-state index is 0.294. The van der Waals surface area contributed by atoms with Crippen LogP contribution in [0.1, 0.15) is 36.7 Å². The lowest BCUT2D eigenvalue weighted by atomic mass is 10.1. The molecule has 2 rings (SSSR count). The summed E-state index contributed by atoms with van der Waals surface area (Å²) in [6, 6.07) is 6.23. The molecule has 2 aromatic rings. The van der Waals surface area contributed by atoms with Crippen molar-refractivity contribution in [1.29, 1.82) is 0 Å². The summed E-state index contributed by atoms with van der Waals surface area (Å²) < 4.78 is 5.29. The van der Waals surface area contributed by atoms with E-state index >= 15 is 0 Å². The largest absolute Gasteiger partial charge is 0.334 e. The van der Waals surface area contributed by atoms with Gasteiger partial charge in [-0.2, -0.15) is 4.98 Å². The van der Waals surface area contributed by atoms with Crippen LogP contribution in [0.15, 0.2) is 22.7 Å². The molecular formula is C13H16N2O. The predicted octanol–water partition coefficient (Wildman–Crippen LogP) is 3.48. The van der Waals surface area contributed by atoms with Crippen molar-refractivity contribution in [2.45, 2.75) is 33.6 Å². The van der Waals surface area contributed by atoms with Gasteiger partial charge in [-0.1, -0.05) is 36.7 Å². The normalized spacial score (nSPS) is 11.1. The van der Waals surface area contributed by atoms with Gasteiger partial charge in [0.15, 0.2) is 5.82 Å². The molecule has 0 radical (unpaired) electrons. The third-order valence-corrected chi connectivity index (χ3v) is 2.58. The molecule has 0 bridgehead atoms. The van der Waals surface area contributed by atoms with E-state index in [2.05, 4.69) is 49.1 Å². The van der Waals surface area contributed by atoms with Crippen LogP contribution in [-0.4, -0.2) is 10.1 Å². The fourth-order valence-corrected chi connectivity index (χ4v) is 1.55. The Morgan fingerprint density at radius 1 is 1.19 bits per heavy atom. The summed E-state index contributed by atoms with van der Waals surface area (Å²) in [6.45, 7) is 8.21. The SMILES string of the molecule is Cc1ccc(C)c(-c2nc(C(C)C)no2)c1. The van der Waals surface area contributed by atoms with E-state index in [1.54, 1.807) is 0 Å². The monoisotopic (exact) mass is 216 g/mol. The highest BCUT2D eigenvalue weighted by Gasteiger charge is 2.13. The first-order chi connectivity index (χ1) is 7.58. The molecule has 1 heterocycles. The van der Waals surface area contributed by atoms with Gasteiger partial charge in [-0.15, -0.1) is 0 Å². The fraction of sp³-hybridized carbons (Fsp3) is 0.385. The van der Waals surface area contributed by atoms with Gasteiger partial charge in [0, 0.05) is 11.5 Å². The van der Waals surface area contributed by atoms with Crippen LogP contribution in [0.3, 0.4) is 0 Å². The quantitative estimate of drug-likeness (QED) is 0.771. The number of nitrogens with zero attached hydrogens (tertiary/aromatic N) is 2. The zero-order valence-electron chi connectivity index (χ0n) is 10.1. The van der Waals surface area contributed by atoms with Crippen molar-refractivity contribution in [1.82, 2.24) is 10.1 Å². The Morgan fingerprint density at radius 2 is 1.94 bits per heavy atom. The van der Waals surface area contributed by atoms with Crippen LogP contribution in [-0.2, 0) is 0 Å². The number of benzene rings is 1. The lowest BCUT2D eigenvalue weighted by molar-refractivity contribution is 0.419. The number of hydrogen-bond acceptors (Lipinski definition) is 3. The summed E-state index contributed by atoms with van der Waals surface area (Å²) in [5, 5.41) is 3.98. The lowest BCUT2D eigenvalue weighted by Gasteiger charge is -2.01. The third-order valence-electron chi connectivity index (χ3n) is 2.58. The van der Waals surface area contributed by atoms with E-state index in [0.29, 0.717) is 11.8 Å². The molecule has 1 aromatic heterocycles. The first kappa shape index (κ1) is 10.9. The second-order valence-electron chi connectivity index (χ2n) is 4.43. The molecule has 0 amide bonds. The van der Waals surface area contributed by atoms with Gasteiger partial charge in [-0.3, -0.25) is 0 Å². The van der Waals surface area contributed by atoms with Crippen molar-refractivity contribution in [3.63, 3.8) is 0 Å². The van der Waals surface area contributed by atoms with Crippen LogP contribution in [0.2, 0.25) is 0 Å². The topological polar surface area (TPSA) is 38.9 Å². The first-order valence-corrected chi connectivity index (χ1v) is 5.49. The van der Waals surface area contributed by atoms with Crippen molar-refractivity contribution in [3.8, 4) is 11.5 Å². The molecule has 0 aliphatic rings. The molecule has 0 spiro atoms. The van der Waals surface area contributed by atoms with Crippen molar-refractivity contribution in [2.24, 2.45) is 0 Å². The van der Waals surface area contributed by atoms with E-state index in [4.69, 9.17) is 4.52 Å². The highest BCUT2D eigenvalue weighted by atomic mass is 16.5. The van der Waals surface area contributed by atoms with Crippen molar-refractivity contribution in [3.05, 3.63) is 35.2 Å². The maximum absolute atomic E-state index is 5.29. The van der Waals surface area contributed by atoms with E-state index in [1.165, 1.54) is 5.56 Å². The van der Waals surface area contributed by atoms with Gasteiger partial charge >= 0.3 is 0 Å². The van der Waals surface area contributed by atoms with Crippen LogP contribution >= 0.6 is 0 Å². The van der Waals surface area contributed by atoms with E-state index in [1.807, 2.05) is 6.92 Å². The Bertz CT molecular complexity index is 500. The molecule has 0 saturated heterocycles. The van der Waals surface area contributed by atoms with Crippen LogP contribution < -0.4 is 0 Å². The summed E-state index contributed by atoms with van der Waals surface area (Å²) in [4.78, 5) is 4.40. The molecule has 0 aliphatic heterocycles. The summed E-state index contributed by atoms with van der Waals surface area (Å²) in [7, 11) is 0. The Hall–Kier alpha value is -1.64. The van der Waals surface area contributed by atoms with Gasteiger partial charge in [0.2, 0.25) is 0 Å². The Labute approximate surface area is 95.5 Å². The average molecular weight is 216 g/mol. The zero-order chi connectivity index (χ0) is 11.7. The van der Waals surface area contributed by atoms with Crippen LogP contribution in [0.25, 0.3) is 11.5 Å². The van der Waals surface area contributed by atoms with Gasteiger partial charge in [-0.25, -0.2) is 0 Å². The molecule has 0 N–H and O–H groups in total. The number of rotatable bonds is 2. The molecule has 3 heteroatoms. The smallest absolute Gasteiger partial charge is 0.258 e. The molecule has 0 atom stereocenters.